The Morgan fingerprint density at radius 3 is 2.67 bits per heavy atom. The molecule has 3 N–H and O–H groups in total. The summed E-state index contributed by atoms with van der Waals surface area (Å²) >= 11 is 12.1. The largest absolute Gasteiger partial charge is 0.496 e. The molecule has 0 spiro atoms. The van der Waals surface area contributed by atoms with Crippen molar-refractivity contribution in [3.8, 4) is 5.75 Å². The maximum absolute atomic E-state index is 13.4. The molecule has 0 fully saturated rings. The first kappa shape index (κ1) is 15.9. The second kappa shape index (κ2) is 6.98. The highest BCUT2D eigenvalue weighted by molar-refractivity contribution is 6.31. The first-order valence-corrected chi connectivity index (χ1v) is 7.06. The number of ether oxygens (including phenoxy) is 1. The van der Waals surface area contributed by atoms with E-state index in [-0.39, 0.29) is 12.6 Å². The van der Waals surface area contributed by atoms with Gasteiger partial charge in [-0.05, 0) is 30.3 Å². The second-order valence-electron chi connectivity index (χ2n) is 4.45. The van der Waals surface area contributed by atoms with Crippen molar-refractivity contribution in [1.29, 1.82) is 0 Å². The molecule has 0 aromatic heterocycles. The number of rotatable bonds is 5. The van der Waals surface area contributed by atoms with Crippen LogP contribution in [0.2, 0.25) is 10.0 Å². The van der Waals surface area contributed by atoms with E-state index < -0.39 is 5.82 Å². The van der Waals surface area contributed by atoms with E-state index in [1.54, 1.807) is 31.4 Å². The van der Waals surface area contributed by atoms with Crippen LogP contribution in [0.1, 0.15) is 11.6 Å². The molecule has 3 nitrogen and oxygen atoms in total. The van der Waals surface area contributed by atoms with Gasteiger partial charge < -0.3 is 15.8 Å². The Bertz CT molecular complexity index is 617. The highest BCUT2D eigenvalue weighted by Gasteiger charge is 2.18. The Kier molecular flexibility index (Phi) is 5.28. The maximum atomic E-state index is 13.4. The van der Waals surface area contributed by atoms with Crippen molar-refractivity contribution < 1.29 is 9.13 Å². The Morgan fingerprint density at radius 2 is 2.05 bits per heavy atom. The lowest BCUT2D eigenvalue weighted by molar-refractivity contribution is 0.407. The zero-order chi connectivity index (χ0) is 15.4. The maximum Gasteiger partial charge on any atom is 0.126 e. The minimum Gasteiger partial charge on any atom is -0.496 e. The molecule has 0 bridgehead atoms. The SMILES string of the molecule is COc1cccc(Cl)c1C(CN)Nc1cc(F)cc(Cl)c1. The van der Waals surface area contributed by atoms with Crippen molar-refractivity contribution in [1.82, 2.24) is 0 Å². The molecule has 0 aliphatic rings. The van der Waals surface area contributed by atoms with E-state index in [4.69, 9.17) is 33.7 Å². The predicted octanol–water partition coefficient (Wildman–Crippen LogP) is 4.25. The normalized spacial score (nSPS) is 12.0. The molecular weight excluding hydrogens is 314 g/mol. The Labute approximate surface area is 132 Å². The monoisotopic (exact) mass is 328 g/mol. The van der Waals surface area contributed by atoms with E-state index in [0.717, 1.165) is 5.56 Å². The topological polar surface area (TPSA) is 47.3 Å². The molecule has 1 unspecified atom stereocenters. The van der Waals surface area contributed by atoms with Crippen LogP contribution in [-0.2, 0) is 0 Å². The third-order valence-electron chi connectivity index (χ3n) is 3.02. The van der Waals surface area contributed by atoms with Gasteiger partial charge in [0.25, 0.3) is 0 Å². The number of methoxy groups -OCH3 is 1. The van der Waals surface area contributed by atoms with Gasteiger partial charge >= 0.3 is 0 Å². The number of nitrogens with one attached hydrogen (secondary N) is 1. The summed E-state index contributed by atoms with van der Waals surface area (Å²) in [6.45, 7) is 0.258. The molecule has 0 aliphatic carbocycles. The second-order valence-corrected chi connectivity index (χ2v) is 5.29. The Hall–Kier alpha value is -1.49. The van der Waals surface area contributed by atoms with Crippen LogP contribution in [0.5, 0.6) is 5.75 Å². The van der Waals surface area contributed by atoms with E-state index in [9.17, 15) is 4.39 Å². The van der Waals surface area contributed by atoms with Crippen LogP contribution < -0.4 is 15.8 Å². The lowest BCUT2D eigenvalue weighted by Gasteiger charge is -2.22. The fraction of sp³-hybridized carbons (Fsp3) is 0.200. The van der Waals surface area contributed by atoms with Crippen molar-refractivity contribution in [2.45, 2.75) is 6.04 Å². The van der Waals surface area contributed by atoms with Gasteiger partial charge in [0.1, 0.15) is 11.6 Å². The molecule has 0 heterocycles. The fourth-order valence-electron chi connectivity index (χ4n) is 2.12. The van der Waals surface area contributed by atoms with Gasteiger partial charge in [-0.25, -0.2) is 4.39 Å². The lowest BCUT2D eigenvalue weighted by Crippen LogP contribution is -2.21. The summed E-state index contributed by atoms with van der Waals surface area (Å²) in [5, 5.41) is 3.96. The molecule has 2 rings (SSSR count). The molecule has 0 saturated heterocycles. The van der Waals surface area contributed by atoms with Crippen molar-refractivity contribution in [2.75, 3.05) is 19.0 Å². The third-order valence-corrected chi connectivity index (χ3v) is 3.57. The molecule has 2 aromatic carbocycles. The average Bonchev–Trinajstić information content (AvgIpc) is 2.44. The molecule has 2 aromatic rings. The highest BCUT2D eigenvalue weighted by Crippen LogP contribution is 2.34. The van der Waals surface area contributed by atoms with Gasteiger partial charge in [0, 0.05) is 27.8 Å². The minimum atomic E-state index is -0.424. The molecule has 0 amide bonds. The first-order chi connectivity index (χ1) is 10.0. The summed E-state index contributed by atoms with van der Waals surface area (Å²) in [6, 6.07) is 9.21. The van der Waals surface area contributed by atoms with Gasteiger partial charge in [-0.2, -0.15) is 0 Å². The Balaban J connectivity index is 2.36. The lowest BCUT2D eigenvalue weighted by atomic mass is 10.0. The summed E-state index contributed by atoms with van der Waals surface area (Å²) in [5.74, 6) is 0.194. The van der Waals surface area contributed by atoms with Gasteiger partial charge in [0.05, 0.1) is 13.2 Å². The summed E-state index contributed by atoms with van der Waals surface area (Å²) in [4.78, 5) is 0. The van der Waals surface area contributed by atoms with Gasteiger partial charge in [-0.3, -0.25) is 0 Å². The van der Waals surface area contributed by atoms with Gasteiger partial charge in [-0.1, -0.05) is 29.3 Å². The highest BCUT2D eigenvalue weighted by atomic mass is 35.5. The van der Waals surface area contributed by atoms with Crippen LogP contribution in [0.4, 0.5) is 10.1 Å². The van der Waals surface area contributed by atoms with Crippen LogP contribution >= 0.6 is 23.2 Å². The van der Waals surface area contributed by atoms with Crippen molar-refractivity contribution >= 4 is 28.9 Å². The van der Waals surface area contributed by atoms with Crippen LogP contribution in [0.25, 0.3) is 0 Å². The summed E-state index contributed by atoms with van der Waals surface area (Å²) < 4.78 is 18.7. The number of hydrogen-bond acceptors (Lipinski definition) is 3. The summed E-state index contributed by atoms with van der Waals surface area (Å²) in [7, 11) is 1.56. The number of halogens is 3. The quantitative estimate of drug-likeness (QED) is 0.862. The molecule has 0 radical (unpaired) electrons. The zero-order valence-electron chi connectivity index (χ0n) is 11.4. The van der Waals surface area contributed by atoms with Crippen LogP contribution in [-0.4, -0.2) is 13.7 Å². The molecule has 6 heteroatoms. The third kappa shape index (κ3) is 3.79. The van der Waals surface area contributed by atoms with Crippen LogP contribution in [0.15, 0.2) is 36.4 Å². The first-order valence-electron chi connectivity index (χ1n) is 6.30. The van der Waals surface area contributed by atoms with Gasteiger partial charge in [0.2, 0.25) is 0 Å². The molecule has 112 valence electrons. The molecule has 0 aliphatic heterocycles. The van der Waals surface area contributed by atoms with E-state index >= 15 is 0 Å². The number of anilines is 1. The molecule has 21 heavy (non-hydrogen) atoms. The molecule has 1 atom stereocenters. The van der Waals surface area contributed by atoms with Crippen LogP contribution in [0, 0.1) is 5.82 Å². The standard InChI is InChI=1S/C15H15Cl2FN2O/c1-21-14-4-2-3-12(17)15(14)13(8-19)20-11-6-9(16)5-10(18)7-11/h2-7,13,20H,8,19H2,1H3. The van der Waals surface area contributed by atoms with Crippen molar-refractivity contribution in [3.63, 3.8) is 0 Å². The molecular formula is C15H15Cl2FN2O. The number of nitrogens with two attached hydrogens (primary N) is 1. The number of hydrogen-bond donors (Lipinski definition) is 2. The van der Waals surface area contributed by atoms with Gasteiger partial charge in [-0.15, -0.1) is 0 Å². The summed E-state index contributed by atoms with van der Waals surface area (Å²) in [6.07, 6.45) is 0. The fourth-order valence-corrected chi connectivity index (χ4v) is 2.64. The molecule has 0 saturated carbocycles. The van der Waals surface area contributed by atoms with Crippen molar-refractivity contribution in [2.24, 2.45) is 5.73 Å². The zero-order valence-corrected chi connectivity index (χ0v) is 12.9. The Morgan fingerprint density at radius 1 is 1.29 bits per heavy atom. The number of benzene rings is 2. The summed E-state index contributed by atoms with van der Waals surface area (Å²) in [5.41, 5.74) is 7.07. The average molecular weight is 329 g/mol. The van der Waals surface area contributed by atoms with Gasteiger partial charge in [0.15, 0.2) is 0 Å². The predicted molar refractivity (Wildman–Crippen MR) is 84.8 cm³/mol. The van der Waals surface area contributed by atoms with E-state index in [2.05, 4.69) is 5.32 Å². The van der Waals surface area contributed by atoms with E-state index in [0.29, 0.717) is 21.5 Å². The van der Waals surface area contributed by atoms with Crippen LogP contribution in [0.3, 0.4) is 0 Å². The van der Waals surface area contributed by atoms with Crippen molar-refractivity contribution in [3.05, 3.63) is 57.8 Å². The van der Waals surface area contributed by atoms with E-state index in [1.807, 2.05) is 0 Å². The van der Waals surface area contributed by atoms with E-state index in [1.165, 1.54) is 12.1 Å². The minimum absolute atomic E-state index is 0.258. The smallest absolute Gasteiger partial charge is 0.126 e.